The molecule has 1 rings (SSSR count). The van der Waals surface area contributed by atoms with E-state index in [4.69, 9.17) is 14.9 Å². The van der Waals surface area contributed by atoms with Gasteiger partial charge in [-0.05, 0) is 25.1 Å². The van der Waals surface area contributed by atoms with Crippen LogP contribution in [0.5, 0.6) is 0 Å². The van der Waals surface area contributed by atoms with Crippen molar-refractivity contribution >= 4 is 5.97 Å². The van der Waals surface area contributed by atoms with Gasteiger partial charge < -0.3 is 20.3 Å². The Morgan fingerprint density at radius 1 is 1.44 bits per heavy atom. The van der Waals surface area contributed by atoms with Gasteiger partial charge in [0.05, 0.1) is 24.5 Å². The van der Waals surface area contributed by atoms with E-state index in [0.29, 0.717) is 32.0 Å². The van der Waals surface area contributed by atoms with E-state index in [9.17, 15) is 4.79 Å². The molecule has 0 radical (unpaired) electrons. The minimum absolute atomic E-state index is 0.0311. The highest BCUT2D eigenvalue weighted by molar-refractivity contribution is 5.88. The summed E-state index contributed by atoms with van der Waals surface area (Å²) >= 11 is 0. The number of rotatable bonds is 9. The van der Waals surface area contributed by atoms with Crippen LogP contribution in [-0.2, 0) is 11.3 Å². The van der Waals surface area contributed by atoms with Crippen molar-refractivity contribution in [3.05, 3.63) is 29.6 Å². The monoisotopic (exact) mass is 254 g/mol. The number of aromatic carboxylic acids is 1. The zero-order valence-electron chi connectivity index (χ0n) is 10.1. The molecule has 0 fully saturated rings. The molecule has 6 heteroatoms. The van der Waals surface area contributed by atoms with Crippen molar-refractivity contribution < 1.29 is 19.7 Å². The van der Waals surface area contributed by atoms with Gasteiger partial charge in [0.2, 0.25) is 0 Å². The molecule has 1 aromatic rings. The summed E-state index contributed by atoms with van der Waals surface area (Å²) in [6.45, 7) is 2.08. The number of carboxylic acid groups (broad SMARTS) is 1. The maximum atomic E-state index is 10.9. The van der Waals surface area contributed by atoms with Crippen molar-refractivity contribution in [1.29, 1.82) is 0 Å². The van der Waals surface area contributed by atoms with Crippen molar-refractivity contribution in [3.8, 4) is 0 Å². The third-order valence-corrected chi connectivity index (χ3v) is 2.29. The lowest BCUT2D eigenvalue weighted by Gasteiger charge is -2.07. The minimum Gasteiger partial charge on any atom is -0.478 e. The quantitative estimate of drug-likeness (QED) is 0.548. The predicted octanol–water partition coefficient (Wildman–Crippen LogP) is 0.268. The van der Waals surface area contributed by atoms with E-state index in [1.54, 1.807) is 12.3 Å². The van der Waals surface area contributed by atoms with Gasteiger partial charge in [-0.15, -0.1) is 0 Å². The van der Waals surface area contributed by atoms with Gasteiger partial charge in [0.25, 0.3) is 0 Å². The molecule has 0 saturated carbocycles. The Hall–Kier alpha value is -1.50. The SMILES string of the molecule is O=C(O)c1cccnc1CNCCCOCCO. The fourth-order valence-corrected chi connectivity index (χ4v) is 1.45. The molecule has 0 amide bonds. The molecule has 0 bridgehead atoms. The maximum absolute atomic E-state index is 10.9. The number of nitrogens with one attached hydrogen (secondary N) is 1. The molecule has 0 atom stereocenters. The maximum Gasteiger partial charge on any atom is 0.337 e. The molecule has 0 saturated heterocycles. The second-order valence-electron chi connectivity index (χ2n) is 3.67. The number of aliphatic hydroxyl groups is 1. The molecule has 0 aliphatic heterocycles. The number of hydrogen-bond acceptors (Lipinski definition) is 5. The fourth-order valence-electron chi connectivity index (χ4n) is 1.45. The second-order valence-corrected chi connectivity index (χ2v) is 3.67. The van der Waals surface area contributed by atoms with Crippen molar-refractivity contribution in [2.24, 2.45) is 0 Å². The van der Waals surface area contributed by atoms with Gasteiger partial charge in [0, 0.05) is 19.3 Å². The van der Waals surface area contributed by atoms with E-state index in [-0.39, 0.29) is 12.2 Å². The first kappa shape index (κ1) is 14.6. The highest BCUT2D eigenvalue weighted by Gasteiger charge is 2.09. The molecular weight excluding hydrogens is 236 g/mol. The van der Waals surface area contributed by atoms with Crippen molar-refractivity contribution in [2.75, 3.05) is 26.4 Å². The van der Waals surface area contributed by atoms with E-state index in [1.165, 1.54) is 6.07 Å². The van der Waals surface area contributed by atoms with Crippen molar-refractivity contribution in [1.82, 2.24) is 10.3 Å². The molecule has 0 aromatic carbocycles. The van der Waals surface area contributed by atoms with Gasteiger partial charge in [-0.25, -0.2) is 4.79 Å². The van der Waals surface area contributed by atoms with E-state index in [2.05, 4.69) is 10.3 Å². The smallest absolute Gasteiger partial charge is 0.337 e. The van der Waals surface area contributed by atoms with Gasteiger partial charge >= 0.3 is 5.97 Å². The lowest BCUT2D eigenvalue weighted by molar-refractivity contribution is 0.0695. The number of carbonyl (C=O) groups is 1. The number of carboxylic acids is 1. The van der Waals surface area contributed by atoms with Gasteiger partial charge in [-0.2, -0.15) is 0 Å². The fraction of sp³-hybridized carbons (Fsp3) is 0.500. The third-order valence-electron chi connectivity index (χ3n) is 2.29. The molecule has 100 valence electrons. The lowest BCUT2D eigenvalue weighted by atomic mass is 10.2. The Bertz CT molecular complexity index is 371. The summed E-state index contributed by atoms with van der Waals surface area (Å²) in [6.07, 6.45) is 2.38. The van der Waals surface area contributed by atoms with Gasteiger partial charge in [0.1, 0.15) is 0 Å². The van der Waals surface area contributed by atoms with Crippen LogP contribution in [0.25, 0.3) is 0 Å². The van der Waals surface area contributed by atoms with E-state index >= 15 is 0 Å². The zero-order chi connectivity index (χ0) is 13.2. The molecule has 0 aliphatic carbocycles. The number of pyridine rings is 1. The van der Waals surface area contributed by atoms with E-state index in [1.807, 2.05) is 0 Å². The molecule has 6 nitrogen and oxygen atoms in total. The summed E-state index contributed by atoms with van der Waals surface area (Å²) in [4.78, 5) is 15.0. The standard InChI is InChI=1S/C12H18N2O4/c15-6-8-18-7-2-4-13-9-11-10(12(16)17)3-1-5-14-11/h1,3,5,13,15H,2,4,6-9H2,(H,16,17). The Morgan fingerprint density at radius 3 is 3.00 bits per heavy atom. The van der Waals surface area contributed by atoms with Crippen LogP contribution in [0.4, 0.5) is 0 Å². The van der Waals surface area contributed by atoms with Crippen LogP contribution in [0.3, 0.4) is 0 Å². The molecule has 18 heavy (non-hydrogen) atoms. The van der Waals surface area contributed by atoms with Crippen LogP contribution in [0.1, 0.15) is 22.5 Å². The summed E-state index contributed by atoms with van der Waals surface area (Å²) in [5.74, 6) is -0.967. The summed E-state index contributed by atoms with van der Waals surface area (Å²) < 4.78 is 5.10. The summed E-state index contributed by atoms with van der Waals surface area (Å²) in [7, 11) is 0. The summed E-state index contributed by atoms with van der Waals surface area (Å²) in [6, 6.07) is 3.15. The van der Waals surface area contributed by atoms with Crippen molar-refractivity contribution in [2.45, 2.75) is 13.0 Å². The normalized spacial score (nSPS) is 10.5. The topological polar surface area (TPSA) is 91.7 Å². The number of ether oxygens (including phenoxy) is 1. The first-order chi connectivity index (χ1) is 8.75. The Morgan fingerprint density at radius 2 is 2.28 bits per heavy atom. The zero-order valence-corrected chi connectivity index (χ0v) is 10.1. The van der Waals surface area contributed by atoms with Crippen LogP contribution < -0.4 is 5.32 Å². The third kappa shape index (κ3) is 5.22. The van der Waals surface area contributed by atoms with Crippen LogP contribution in [0.15, 0.2) is 18.3 Å². The first-order valence-corrected chi connectivity index (χ1v) is 5.82. The van der Waals surface area contributed by atoms with E-state index in [0.717, 1.165) is 6.42 Å². The van der Waals surface area contributed by atoms with Crippen LogP contribution in [-0.4, -0.2) is 47.5 Å². The summed E-state index contributed by atoms with van der Waals surface area (Å²) in [5.41, 5.74) is 0.753. The first-order valence-electron chi connectivity index (χ1n) is 5.82. The second kappa shape index (κ2) is 8.57. The average Bonchev–Trinajstić information content (AvgIpc) is 2.38. The Balaban J connectivity index is 2.25. The van der Waals surface area contributed by atoms with E-state index < -0.39 is 5.97 Å². The van der Waals surface area contributed by atoms with Gasteiger partial charge in [-0.3, -0.25) is 4.98 Å². The lowest BCUT2D eigenvalue weighted by Crippen LogP contribution is -2.19. The molecule has 3 N–H and O–H groups in total. The number of hydrogen-bond donors (Lipinski definition) is 3. The predicted molar refractivity (Wildman–Crippen MR) is 65.4 cm³/mol. The minimum atomic E-state index is -0.967. The molecule has 0 spiro atoms. The Kier molecular flexibility index (Phi) is 6.93. The van der Waals surface area contributed by atoms with Crippen LogP contribution in [0.2, 0.25) is 0 Å². The molecule has 0 unspecified atom stereocenters. The van der Waals surface area contributed by atoms with Gasteiger partial charge in [0.15, 0.2) is 0 Å². The highest BCUT2D eigenvalue weighted by Crippen LogP contribution is 2.04. The van der Waals surface area contributed by atoms with Crippen LogP contribution >= 0.6 is 0 Å². The highest BCUT2D eigenvalue weighted by atomic mass is 16.5. The molecule has 1 aromatic heterocycles. The number of aliphatic hydroxyl groups excluding tert-OH is 1. The number of nitrogens with zero attached hydrogens (tertiary/aromatic N) is 1. The molecule has 0 aliphatic rings. The molecular formula is C12H18N2O4. The van der Waals surface area contributed by atoms with Gasteiger partial charge in [-0.1, -0.05) is 0 Å². The molecule has 1 heterocycles. The van der Waals surface area contributed by atoms with Crippen molar-refractivity contribution in [3.63, 3.8) is 0 Å². The Labute approximate surface area is 106 Å². The number of aromatic nitrogens is 1. The largest absolute Gasteiger partial charge is 0.478 e. The summed E-state index contributed by atoms with van der Waals surface area (Å²) in [5, 5.41) is 20.6. The average molecular weight is 254 g/mol. The van der Waals surface area contributed by atoms with Crippen LogP contribution in [0, 0.1) is 0 Å².